The van der Waals surface area contributed by atoms with Crippen LogP contribution in [0.15, 0.2) is 0 Å². The first-order chi connectivity index (χ1) is 9.20. The third-order valence-electron chi connectivity index (χ3n) is 4.95. The highest BCUT2D eigenvalue weighted by atomic mass is 16.1. The minimum Gasteiger partial charge on any atom is -0.354 e. The second-order valence-corrected chi connectivity index (χ2v) is 6.59. The highest BCUT2D eigenvalue weighted by Gasteiger charge is 2.29. The number of carbonyl (C=O) groups is 1. The molecule has 0 spiro atoms. The van der Waals surface area contributed by atoms with Crippen molar-refractivity contribution in [3.8, 4) is 0 Å². The monoisotopic (exact) mass is 266 g/mol. The van der Waals surface area contributed by atoms with Gasteiger partial charge < -0.3 is 11.1 Å². The summed E-state index contributed by atoms with van der Waals surface area (Å²) in [4.78, 5) is 12.2. The van der Waals surface area contributed by atoms with Crippen LogP contribution in [-0.4, -0.2) is 18.5 Å². The second-order valence-electron chi connectivity index (χ2n) is 6.59. The third kappa shape index (κ3) is 4.79. The van der Waals surface area contributed by atoms with Crippen molar-refractivity contribution in [1.29, 1.82) is 0 Å². The maximum atomic E-state index is 12.2. The van der Waals surface area contributed by atoms with Gasteiger partial charge in [-0.05, 0) is 37.5 Å². The van der Waals surface area contributed by atoms with Crippen molar-refractivity contribution in [3.05, 3.63) is 0 Å². The third-order valence-corrected chi connectivity index (χ3v) is 4.95. The summed E-state index contributed by atoms with van der Waals surface area (Å²) < 4.78 is 0. The smallest absolute Gasteiger partial charge is 0.223 e. The predicted molar refractivity (Wildman–Crippen MR) is 78.7 cm³/mol. The standard InChI is InChI=1S/C16H30N2O/c1-2-13(10-12-6-4-3-5-7-12)16(19)18-11-15(17)14-8-9-14/h12-15H,2-11,17H2,1H3,(H,18,19). The summed E-state index contributed by atoms with van der Waals surface area (Å²) in [6.07, 6.45) is 11.3. The lowest BCUT2D eigenvalue weighted by molar-refractivity contribution is -0.125. The summed E-state index contributed by atoms with van der Waals surface area (Å²) in [7, 11) is 0. The molecule has 0 saturated heterocycles. The molecular weight excluding hydrogens is 236 g/mol. The highest BCUT2D eigenvalue weighted by Crippen LogP contribution is 2.32. The van der Waals surface area contributed by atoms with Crippen molar-refractivity contribution < 1.29 is 4.79 Å². The number of hydrogen-bond acceptors (Lipinski definition) is 2. The summed E-state index contributed by atoms with van der Waals surface area (Å²) in [5.74, 6) is 1.89. The number of nitrogens with one attached hydrogen (secondary N) is 1. The van der Waals surface area contributed by atoms with Crippen LogP contribution in [-0.2, 0) is 4.79 Å². The molecule has 2 unspecified atom stereocenters. The molecule has 3 heteroatoms. The van der Waals surface area contributed by atoms with E-state index >= 15 is 0 Å². The molecule has 0 aromatic carbocycles. The molecule has 3 N–H and O–H groups in total. The summed E-state index contributed by atoms with van der Waals surface area (Å²) in [5, 5.41) is 3.08. The average molecular weight is 266 g/mol. The Morgan fingerprint density at radius 3 is 2.47 bits per heavy atom. The molecule has 2 aliphatic rings. The number of hydrogen-bond donors (Lipinski definition) is 2. The molecule has 2 atom stereocenters. The van der Waals surface area contributed by atoms with Gasteiger partial charge in [0.05, 0.1) is 0 Å². The van der Waals surface area contributed by atoms with E-state index in [4.69, 9.17) is 5.73 Å². The minimum atomic E-state index is 0.177. The molecule has 1 amide bonds. The van der Waals surface area contributed by atoms with Crippen LogP contribution < -0.4 is 11.1 Å². The van der Waals surface area contributed by atoms with Gasteiger partial charge in [0, 0.05) is 18.5 Å². The number of carbonyl (C=O) groups excluding carboxylic acids is 1. The Morgan fingerprint density at radius 1 is 1.21 bits per heavy atom. The minimum absolute atomic E-state index is 0.177. The fourth-order valence-electron chi connectivity index (χ4n) is 3.34. The topological polar surface area (TPSA) is 55.1 Å². The lowest BCUT2D eigenvalue weighted by Gasteiger charge is -2.25. The van der Waals surface area contributed by atoms with E-state index in [-0.39, 0.29) is 17.9 Å². The molecule has 0 bridgehead atoms. The van der Waals surface area contributed by atoms with Gasteiger partial charge >= 0.3 is 0 Å². The van der Waals surface area contributed by atoms with Crippen LogP contribution in [0.5, 0.6) is 0 Å². The van der Waals surface area contributed by atoms with E-state index in [1.165, 1.54) is 44.9 Å². The summed E-state index contributed by atoms with van der Waals surface area (Å²) >= 11 is 0. The van der Waals surface area contributed by atoms with E-state index < -0.39 is 0 Å². The molecule has 0 heterocycles. The molecule has 2 saturated carbocycles. The molecule has 0 aromatic heterocycles. The lowest BCUT2D eigenvalue weighted by Crippen LogP contribution is -2.41. The zero-order valence-corrected chi connectivity index (χ0v) is 12.4. The van der Waals surface area contributed by atoms with Crippen LogP contribution in [0, 0.1) is 17.8 Å². The van der Waals surface area contributed by atoms with E-state index in [2.05, 4.69) is 12.2 Å². The zero-order chi connectivity index (χ0) is 13.7. The number of nitrogens with two attached hydrogens (primary N) is 1. The van der Waals surface area contributed by atoms with E-state index in [1.807, 2.05) is 0 Å². The molecule has 110 valence electrons. The van der Waals surface area contributed by atoms with Crippen LogP contribution in [0.1, 0.15) is 64.7 Å². The second kappa shape index (κ2) is 7.28. The predicted octanol–water partition coefficient (Wildman–Crippen LogP) is 2.84. The molecule has 0 radical (unpaired) electrons. The van der Waals surface area contributed by atoms with Crippen LogP contribution in [0.2, 0.25) is 0 Å². The van der Waals surface area contributed by atoms with Crippen molar-refractivity contribution in [2.45, 2.75) is 70.8 Å². The highest BCUT2D eigenvalue weighted by molar-refractivity contribution is 5.78. The SMILES string of the molecule is CCC(CC1CCCCC1)C(=O)NCC(N)C1CC1. The van der Waals surface area contributed by atoms with Crippen LogP contribution in [0.25, 0.3) is 0 Å². The molecule has 2 aliphatic carbocycles. The van der Waals surface area contributed by atoms with E-state index in [0.29, 0.717) is 12.5 Å². The molecule has 0 aliphatic heterocycles. The normalized spacial score (nSPS) is 23.9. The van der Waals surface area contributed by atoms with Crippen molar-refractivity contribution in [3.63, 3.8) is 0 Å². The molecular formula is C16H30N2O. The van der Waals surface area contributed by atoms with Crippen molar-refractivity contribution in [2.75, 3.05) is 6.54 Å². The summed E-state index contributed by atoms with van der Waals surface area (Å²) in [5.41, 5.74) is 6.04. The first kappa shape index (κ1) is 14.8. The quantitative estimate of drug-likeness (QED) is 0.744. The maximum Gasteiger partial charge on any atom is 0.223 e. The maximum absolute atomic E-state index is 12.2. The Morgan fingerprint density at radius 2 is 1.89 bits per heavy atom. The van der Waals surface area contributed by atoms with Gasteiger partial charge in [-0.25, -0.2) is 0 Å². The lowest BCUT2D eigenvalue weighted by atomic mass is 9.82. The first-order valence-corrected chi connectivity index (χ1v) is 8.24. The van der Waals surface area contributed by atoms with Crippen molar-refractivity contribution in [2.24, 2.45) is 23.5 Å². The Balaban J connectivity index is 1.70. The molecule has 0 aromatic rings. The Bertz CT molecular complexity index is 282. The number of amides is 1. The first-order valence-electron chi connectivity index (χ1n) is 8.24. The van der Waals surface area contributed by atoms with E-state index in [9.17, 15) is 4.79 Å². The van der Waals surface area contributed by atoms with Gasteiger partial charge in [-0.2, -0.15) is 0 Å². The Hall–Kier alpha value is -0.570. The van der Waals surface area contributed by atoms with Gasteiger partial charge in [0.1, 0.15) is 0 Å². The van der Waals surface area contributed by atoms with Gasteiger partial charge in [0.25, 0.3) is 0 Å². The fourth-order valence-corrected chi connectivity index (χ4v) is 3.34. The van der Waals surface area contributed by atoms with Gasteiger partial charge in [0.15, 0.2) is 0 Å². The van der Waals surface area contributed by atoms with Gasteiger partial charge in [-0.1, -0.05) is 39.0 Å². The van der Waals surface area contributed by atoms with Crippen LogP contribution in [0.4, 0.5) is 0 Å². The van der Waals surface area contributed by atoms with E-state index in [1.54, 1.807) is 0 Å². The van der Waals surface area contributed by atoms with Gasteiger partial charge in [-0.15, -0.1) is 0 Å². The van der Waals surface area contributed by atoms with Gasteiger partial charge in [-0.3, -0.25) is 4.79 Å². The summed E-state index contributed by atoms with van der Waals surface area (Å²) in [6.45, 7) is 2.80. The Labute approximate surface area is 117 Å². The van der Waals surface area contributed by atoms with E-state index in [0.717, 1.165) is 18.8 Å². The fraction of sp³-hybridized carbons (Fsp3) is 0.938. The molecule has 2 fully saturated rings. The van der Waals surface area contributed by atoms with Crippen LogP contribution in [0.3, 0.4) is 0 Å². The van der Waals surface area contributed by atoms with Gasteiger partial charge in [0.2, 0.25) is 5.91 Å². The zero-order valence-electron chi connectivity index (χ0n) is 12.4. The molecule has 3 nitrogen and oxygen atoms in total. The largest absolute Gasteiger partial charge is 0.354 e. The van der Waals surface area contributed by atoms with Crippen molar-refractivity contribution in [1.82, 2.24) is 5.32 Å². The average Bonchev–Trinajstić information content (AvgIpc) is 3.27. The summed E-state index contributed by atoms with van der Waals surface area (Å²) in [6, 6.07) is 0.177. The van der Waals surface area contributed by atoms with Crippen LogP contribution >= 0.6 is 0 Å². The van der Waals surface area contributed by atoms with Crippen molar-refractivity contribution >= 4 is 5.91 Å². The number of rotatable bonds is 7. The Kier molecular flexibility index (Phi) is 5.68. The molecule has 2 rings (SSSR count). The molecule has 19 heavy (non-hydrogen) atoms.